The molecule has 0 atom stereocenters. The van der Waals surface area contributed by atoms with Gasteiger partial charge in [0.15, 0.2) is 0 Å². The Bertz CT molecular complexity index is 801. The molecule has 7 heteroatoms. The standard InChI is InChI=1S/C18H14ClNO5/c19-12-4-3-5-13(10-12)24-8-9-25-16(21)11-20-17(22)14-6-1-2-7-15(14)18(20)23/h1-7,10H,8-9,11H2. The lowest BCUT2D eigenvalue weighted by atomic mass is 10.1. The molecule has 0 aliphatic carbocycles. The second-order valence-corrected chi connectivity index (χ2v) is 5.70. The first kappa shape index (κ1) is 17.0. The monoisotopic (exact) mass is 359 g/mol. The molecule has 25 heavy (non-hydrogen) atoms. The average Bonchev–Trinajstić information content (AvgIpc) is 2.84. The summed E-state index contributed by atoms with van der Waals surface area (Å²) in [5, 5.41) is 0.542. The number of hydrogen-bond donors (Lipinski definition) is 0. The van der Waals surface area contributed by atoms with Gasteiger partial charge in [0, 0.05) is 5.02 Å². The van der Waals surface area contributed by atoms with Gasteiger partial charge in [0.2, 0.25) is 0 Å². The maximum absolute atomic E-state index is 12.1. The number of carbonyl (C=O) groups excluding carboxylic acids is 3. The third-order valence-electron chi connectivity index (χ3n) is 3.58. The van der Waals surface area contributed by atoms with Crippen LogP contribution in [0.4, 0.5) is 0 Å². The van der Waals surface area contributed by atoms with Crippen molar-refractivity contribution in [3.8, 4) is 5.75 Å². The fourth-order valence-corrected chi connectivity index (χ4v) is 2.61. The molecular weight excluding hydrogens is 346 g/mol. The van der Waals surface area contributed by atoms with Crippen LogP contribution in [0, 0.1) is 0 Å². The highest BCUT2D eigenvalue weighted by molar-refractivity contribution is 6.30. The molecule has 0 fully saturated rings. The number of rotatable bonds is 6. The van der Waals surface area contributed by atoms with Crippen molar-refractivity contribution in [2.24, 2.45) is 0 Å². The van der Waals surface area contributed by atoms with Crippen LogP contribution in [0.5, 0.6) is 5.75 Å². The van der Waals surface area contributed by atoms with E-state index in [9.17, 15) is 14.4 Å². The van der Waals surface area contributed by atoms with E-state index in [0.29, 0.717) is 21.9 Å². The van der Waals surface area contributed by atoms with E-state index in [1.807, 2.05) is 0 Å². The minimum Gasteiger partial charge on any atom is -0.490 e. The van der Waals surface area contributed by atoms with Crippen LogP contribution in [0.25, 0.3) is 0 Å². The second kappa shape index (κ2) is 7.36. The number of nitrogens with zero attached hydrogens (tertiary/aromatic N) is 1. The second-order valence-electron chi connectivity index (χ2n) is 5.27. The van der Waals surface area contributed by atoms with E-state index >= 15 is 0 Å². The Morgan fingerprint density at radius 3 is 2.28 bits per heavy atom. The molecule has 0 spiro atoms. The maximum atomic E-state index is 12.1. The number of hydrogen-bond acceptors (Lipinski definition) is 5. The molecule has 0 N–H and O–H groups in total. The molecule has 0 radical (unpaired) electrons. The van der Waals surface area contributed by atoms with Gasteiger partial charge in [0.05, 0.1) is 11.1 Å². The van der Waals surface area contributed by atoms with E-state index in [2.05, 4.69) is 0 Å². The number of amides is 2. The molecule has 0 aromatic heterocycles. The SMILES string of the molecule is O=C(CN1C(=O)c2ccccc2C1=O)OCCOc1cccc(Cl)c1. The molecule has 0 saturated heterocycles. The van der Waals surface area contributed by atoms with Crippen LogP contribution < -0.4 is 4.74 Å². The highest BCUT2D eigenvalue weighted by Crippen LogP contribution is 2.22. The number of benzene rings is 2. The zero-order chi connectivity index (χ0) is 17.8. The fraction of sp³-hybridized carbons (Fsp3) is 0.167. The predicted molar refractivity (Wildman–Crippen MR) is 89.7 cm³/mol. The van der Waals surface area contributed by atoms with Gasteiger partial charge in [-0.25, -0.2) is 0 Å². The molecule has 0 saturated carbocycles. The Hall–Kier alpha value is -2.86. The van der Waals surface area contributed by atoms with Gasteiger partial charge in [0.25, 0.3) is 11.8 Å². The third-order valence-corrected chi connectivity index (χ3v) is 3.81. The molecule has 0 bridgehead atoms. The van der Waals surface area contributed by atoms with Gasteiger partial charge in [-0.2, -0.15) is 0 Å². The summed E-state index contributed by atoms with van der Waals surface area (Å²) >= 11 is 5.83. The van der Waals surface area contributed by atoms with Crippen molar-refractivity contribution < 1.29 is 23.9 Å². The van der Waals surface area contributed by atoms with E-state index < -0.39 is 24.3 Å². The largest absolute Gasteiger partial charge is 0.490 e. The first-order valence-electron chi connectivity index (χ1n) is 7.55. The molecule has 1 heterocycles. The molecule has 2 aromatic rings. The van der Waals surface area contributed by atoms with Crippen LogP contribution in [0.15, 0.2) is 48.5 Å². The number of halogens is 1. The van der Waals surface area contributed by atoms with Crippen LogP contribution >= 0.6 is 11.6 Å². The summed E-state index contributed by atoms with van der Waals surface area (Å²) in [5.41, 5.74) is 0.592. The number of ether oxygens (including phenoxy) is 2. The van der Waals surface area contributed by atoms with Crippen LogP contribution in [0.3, 0.4) is 0 Å². The first-order valence-corrected chi connectivity index (χ1v) is 7.93. The molecule has 1 aliphatic rings. The minimum atomic E-state index is -0.677. The predicted octanol–water partition coefficient (Wildman–Crippen LogP) is 2.56. The third kappa shape index (κ3) is 3.80. The fourth-order valence-electron chi connectivity index (χ4n) is 2.43. The molecule has 0 unspecified atom stereocenters. The van der Waals surface area contributed by atoms with E-state index in [1.54, 1.807) is 48.5 Å². The molecule has 2 amide bonds. The van der Waals surface area contributed by atoms with E-state index in [4.69, 9.17) is 21.1 Å². The van der Waals surface area contributed by atoms with Crippen LogP contribution in [0.1, 0.15) is 20.7 Å². The zero-order valence-electron chi connectivity index (χ0n) is 13.1. The zero-order valence-corrected chi connectivity index (χ0v) is 13.9. The number of esters is 1. The smallest absolute Gasteiger partial charge is 0.326 e. The Labute approximate surface area is 148 Å². The Balaban J connectivity index is 1.47. The van der Waals surface area contributed by atoms with Gasteiger partial charge < -0.3 is 9.47 Å². The van der Waals surface area contributed by atoms with Crippen molar-refractivity contribution >= 4 is 29.4 Å². The van der Waals surface area contributed by atoms with E-state index in [1.165, 1.54) is 0 Å². The molecule has 2 aromatic carbocycles. The van der Waals surface area contributed by atoms with Crippen molar-refractivity contribution in [3.63, 3.8) is 0 Å². The summed E-state index contributed by atoms with van der Waals surface area (Å²) in [7, 11) is 0. The molecule has 6 nitrogen and oxygen atoms in total. The van der Waals surface area contributed by atoms with Gasteiger partial charge in [-0.3, -0.25) is 19.3 Å². The van der Waals surface area contributed by atoms with Crippen molar-refractivity contribution in [2.75, 3.05) is 19.8 Å². The summed E-state index contributed by atoms with van der Waals surface area (Å²) in [4.78, 5) is 37.0. The molecule has 1 aliphatic heterocycles. The first-order chi connectivity index (χ1) is 12.1. The number of carbonyl (C=O) groups is 3. The quantitative estimate of drug-likeness (QED) is 0.450. The highest BCUT2D eigenvalue weighted by Gasteiger charge is 2.36. The van der Waals surface area contributed by atoms with Crippen LogP contribution in [-0.2, 0) is 9.53 Å². The van der Waals surface area contributed by atoms with Crippen molar-refractivity contribution in [1.82, 2.24) is 4.90 Å². The summed E-state index contributed by atoms with van der Waals surface area (Å²) in [6.07, 6.45) is 0. The summed E-state index contributed by atoms with van der Waals surface area (Å²) < 4.78 is 10.4. The van der Waals surface area contributed by atoms with Crippen molar-refractivity contribution in [3.05, 3.63) is 64.7 Å². The Kier molecular flexibility index (Phi) is 5.00. The van der Waals surface area contributed by atoms with Gasteiger partial charge in [-0.1, -0.05) is 29.8 Å². The Morgan fingerprint density at radius 2 is 1.64 bits per heavy atom. The van der Waals surface area contributed by atoms with Crippen LogP contribution in [0.2, 0.25) is 5.02 Å². The summed E-state index contributed by atoms with van der Waals surface area (Å²) in [6, 6.07) is 13.3. The number of imide groups is 1. The number of fused-ring (bicyclic) bond motifs is 1. The molecule has 3 rings (SSSR count). The average molecular weight is 360 g/mol. The van der Waals surface area contributed by atoms with Gasteiger partial charge in [-0.15, -0.1) is 0 Å². The molecule has 128 valence electrons. The maximum Gasteiger partial charge on any atom is 0.326 e. The van der Waals surface area contributed by atoms with Gasteiger partial charge in [-0.05, 0) is 30.3 Å². The van der Waals surface area contributed by atoms with Crippen molar-refractivity contribution in [1.29, 1.82) is 0 Å². The normalized spacial score (nSPS) is 12.9. The lowest BCUT2D eigenvalue weighted by Gasteiger charge is -2.13. The van der Waals surface area contributed by atoms with Crippen LogP contribution in [-0.4, -0.2) is 42.4 Å². The minimum absolute atomic E-state index is 0.00544. The lowest BCUT2D eigenvalue weighted by molar-refractivity contribution is -0.144. The lowest BCUT2D eigenvalue weighted by Crippen LogP contribution is -2.36. The molecular formula is C18H14ClNO5. The van der Waals surface area contributed by atoms with Gasteiger partial charge in [0.1, 0.15) is 25.5 Å². The van der Waals surface area contributed by atoms with Crippen molar-refractivity contribution in [2.45, 2.75) is 0 Å². The topological polar surface area (TPSA) is 72.9 Å². The highest BCUT2D eigenvalue weighted by atomic mass is 35.5. The van der Waals surface area contributed by atoms with E-state index in [0.717, 1.165) is 4.90 Å². The summed E-state index contributed by atoms with van der Waals surface area (Å²) in [5.74, 6) is -1.10. The summed E-state index contributed by atoms with van der Waals surface area (Å²) in [6.45, 7) is -0.299. The Morgan fingerprint density at radius 1 is 0.960 bits per heavy atom. The van der Waals surface area contributed by atoms with E-state index in [-0.39, 0.29) is 13.2 Å². The van der Waals surface area contributed by atoms with Gasteiger partial charge >= 0.3 is 5.97 Å².